The van der Waals surface area contributed by atoms with Gasteiger partial charge in [0.05, 0.1) is 0 Å². The fourth-order valence-electron chi connectivity index (χ4n) is 3.58. The minimum Gasteiger partial charge on any atom is -0.480 e. The van der Waals surface area contributed by atoms with Crippen molar-refractivity contribution in [3.8, 4) is 0 Å². The summed E-state index contributed by atoms with van der Waals surface area (Å²) in [7, 11) is 2.17. The first-order valence-electron chi connectivity index (χ1n) is 8.21. The number of nitrogens with one attached hydrogen (secondary N) is 1. The van der Waals surface area contributed by atoms with Gasteiger partial charge in [0.1, 0.15) is 5.54 Å². The second-order valence-electron chi connectivity index (χ2n) is 6.86. The van der Waals surface area contributed by atoms with Crippen molar-refractivity contribution in [1.29, 1.82) is 0 Å². The Balaban J connectivity index is 2.02. The average Bonchev–Trinajstić information content (AvgIpc) is 3.22. The molecule has 0 aliphatic heterocycles. The minimum absolute atomic E-state index is 0.396. The highest BCUT2D eigenvalue weighted by molar-refractivity contribution is 5.79. The van der Waals surface area contributed by atoms with Gasteiger partial charge in [-0.15, -0.1) is 0 Å². The molecule has 2 fully saturated rings. The maximum Gasteiger partial charge on any atom is 0.323 e. The van der Waals surface area contributed by atoms with Crippen LogP contribution in [0.2, 0.25) is 0 Å². The second-order valence-corrected chi connectivity index (χ2v) is 6.86. The molecule has 0 saturated heterocycles. The third kappa shape index (κ3) is 3.53. The van der Waals surface area contributed by atoms with E-state index in [0.29, 0.717) is 18.1 Å². The lowest BCUT2D eigenvalue weighted by Crippen LogP contribution is -2.59. The summed E-state index contributed by atoms with van der Waals surface area (Å²) in [5, 5.41) is 13.2. The summed E-state index contributed by atoms with van der Waals surface area (Å²) in [5.74, 6) is -0.648. The Morgan fingerprint density at radius 3 is 2.70 bits per heavy atom. The van der Waals surface area contributed by atoms with E-state index in [1.807, 2.05) is 0 Å². The molecule has 2 aliphatic carbocycles. The Morgan fingerprint density at radius 2 is 2.15 bits per heavy atom. The molecule has 2 aliphatic rings. The molecule has 0 amide bonds. The van der Waals surface area contributed by atoms with E-state index < -0.39 is 11.5 Å². The Labute approximate surface area is 122 Å². The summed E-state index contributed by atoms with van der Waals surface area (Å²) in [6.07, 6.45) is 8.33. The third-order valence-corrected chi connectivity index (χ3v) is 5.17. The highest BCUT2D eigenvalue weighted by Crippen LogP contribution is 2.35. The summed E-state index contributed by atoms with van der Waals surface area (Å²) in [4.78, 5) is 14.2. The second kappa shape index (κ2) is 6.44. The van der Waals surface area contributed by atoms with E-state index in [9.17, 15) is 9.90 Å². The normalized spacial score (nSPS) is 32.3. The van der Waals surface area contributed by atoms with Crippen LogP contribution in [0.4, 0.5) is 0 Å². The van der Waals surface area contributed by atoms with Crippen molar-refractivity contribution in [2.24, 2.45) is 0 Å². The van der Waals surface area contributed by atoms with E-state index in [1.54, 1.807) is 0 Å². The topological polar surface area (TPSA) is 52.6 Å². The molecule has 0 bridgehead atoms. The van der Waals surface area contributed by atoms with E-state index in [-0.39, 0.29) is 0 Å². The van der Waals surface area contributed by atoms with Crippen molar-refractivity contribution in [2.75, 3.05) is 7.05 Å². The molecule has 3 atom stereocenters. The first-order chi connectivity index (χ1) is 9.48. The fraction of sp³-hybridized carbons (Fsp3) is 0.938. The van der Waals surface area contributed by atoms with Crippen LogP contribution in [0.3, 0.4) is 0 Å². The molecule has 3 unspecified atom stereocenters. The minimum atomic E-state index is -0.676. The largest absolute Gasteiger partial charge is 0.480 e. The molecule has 2 saturated carbocycles. The van der Waals surface area contributed by atoms with Crippen LogP contribution in [-0.4, -0.2) is 46.7 Å². The zero-order chi connectivity index (χ0) is 14.8. The maximum absolute atomic E-state index is 11.8. The van der Waals surface area contributed by atoms with Gasteiger partial charge in [0, 0.05) is 18.1 Å². The van der Waals surface area contributed by atoms with Gasteiger partial charge >= 0.3 is 5.97 Å². The van der Waals surface area contributed by atoms with Crippen LogP contribution in [0.5, 0.6) is 0 Å². The summed E-state index contributed by atoms with van der Waals surface area (Å²) in [6, 6.07) is 1.38. The van der Waals surface area contributed by atoms with Crippen LogP contribution in [0.1, 0.15) is 65.2 Å². The highest BCUT2D eigenvalue weighted by Gasteiger charge is 2.46. The SMILES string of the molecule is CCCC(C)N(C)C1CCCC(NC2CC2)(C(=O)O)C1. The van der Waals surface area contributed by atoms with Crippen molar-refractivity contribution < 1.29 is 9.90 Å². The van der Waals surface area contributed by atoms with Gasteiger partial charge in [-0.25, -0.2) is 0 Å². The molecule has 0 aromatic heterocycles. The molecule has 0 aromatic carbocycles. The lowest BCUT2D eigenvalue weighted by atomic mass is 9.78. The number of carboxylic acids is 1. The van der Waals surface area contributed by atoms with E-state index >= 15 is 0 Å². The molecule has 0 radical (unpaired) electrons. The number of carbonyl (C=O) groups is 1. The van der Waals surface area contributed by atoms with Gasteiger partial charge < -0.3 is 10.0 Å². The number of hydrogen-bond donors (Lipinski definition) is 2. The van der Waals surface area contributed by atoms with Gasteiger partial charge in [-0.2, -0.15) is 0 Å². The number of nitrogens with zero attached hydrogens (tertiary/aromatic N) is 1. The van der Waals surface area contributed by atoms with E-state index in [1.165, 1.54) is 12.8 Å². The Bertz CT molecular complexity index is 343. The standard InChI is InChI=1S/C16H30N2O2/c1-4-6-12(2)18(3)14-7-5-10-16(11-14,15(19)20)17-13-8-9-13/h12-14,17H,4-11H2,1-3H3,(H,19,20). The van der Waals surface area contributed by atoms with Crippen LogP contribution in [0, 0.1) is 0 Å². The van der Waals surface area contributed by atoms with Crippen molar-refractivity contribution in [2.45, 2.75) is 88.9 Å². The highest BCUT2D eigenvalue weighted by atomic mass is 16.4. The predicted octanol–water partition coefficient (Wildman–Crippen LogP) is 2.62. The molecular weight excluding hydrogens is 252 g/mol. The molecular formula is C16H30N2O2. The van der Waals surface area contributed by atoms with Crippen molar-refractivity contribution in [1.82, 2.24) is 10.2 Å². The fourth-order valence-corrected chi connectivity index (χ4v) is 3.58. The van der Waals surface area contributed by atoms with Crippen molar-refractivity contribution in [3.05, 3.63) is 0 Å². The van der Waals surface area contributed by atoms with E-state index in [2.05, 4.69) is 31.1 Å². The molecule has 0 spiro atoms. The molecule has 0 aromatic rings. The van der Waals surface area contributed by atoms with E-state index in [0.717, 1.165) is 38.5 Å². The monoisotopic (exact) mass is 282 g/mol. The molecule has 2 N–H and O–H groups in total. The van der Waals surface area contributed by atoms with Crippen LogP contribution in [0.15, 0.2) is 0 Å². The summed E-state index contributed by atoms with van der Waals surface area (Å²) >= 11 is 0. The Hall–Kier alpha value is -0.610. The van der Waals surface area contributed by atoms with Gasteiger partial charge in [0.15, 0.2) is 0 Å². The maximum atomic E-state index is 11.8. The van der Waals surface area contributed by atoms with Gasteiger partial charge in [0.2, 0.25) is 0 Å². The molecule has 0 heterocycles. The zero-order valence-electron chi connectivity index (χ0n) is 13.2. The quantitative estimate of drug-likeness (QED) is 0.753. The van der Waals surface area contributed by atoms with E-state index in [4.69, 9.17) is 0 Å². The molecule has 4 heteroatoms. The molecule has 116 valence electrons. The average molecular weight is 282 g/mol. The molecule has 2 rings (SSSR count). The van der Waals surface area contributed by atoms with Crippen molar-refractivity contribution in [3.63, 3.8) is 0 Å². The number of rotatable bonds is 7. The smallest absolute Gasteiger partial charge is 0.323 e. The summed E-state index contributed by atoms with van der Waals surface area (Å²) in [5.41, 5.74) is -0.676. The lowest BCUT2D eigenvalue weighted by molar-refractivity contribution is -0.147. The Morgan fingerprint density at radius 1 is 1.45 bits per heavy atom. The van der Waals surface area contributed by atoms with Gasteiger partial charge in [-0.3, -0.25) is 10.1 Å². The molecule has 4 nitrogen and oxygen atoms in total. The van der Waals surface area contributed by atoms with Crippen LogP contribution >= 0.6 is 0 Å². The van der Waals surface area contributed by atoms with Gasteiger partial charge in [-0.05, 0) is 58.9 Å². The number of carboxylic acid groups (broad SMARTS) is 1. The van der Waals surface area contributed by atoms with Gasteiger partial charge in [-0.1, -0.05) is 13.3 Å². The zero-order valence-corrected chi connectivity index (χ0v) is 13.2. The van der Waals surface area contributed by atoms with Crippen molar-refractivity contribution >= 4 is 5.97 Å². The third-order valence-electron chi connectivity index (χ3n) is 5.17. The van der Waals surface area contributed by atoms with Crippen LogP contribution < -0.4 is 5.32 Å². The van der Waals surface area contributed by atoms with Crippen LogP contribution in [0.25, 0.3) is 0 Å². The predicted molar refractivity (Wildman–Crippen MR) is 80.9 cm³/mol. The number of hydrogen-bond acceptors (Lipinski definition) is 3. The summed E-state index contributed by atoms with van der Waals surface area (Å²) in [6.45, 7) is 4.47. The first kappa shape index (κ1) is 15.8. The van der Waals surface area contributed by atoms with Crippen LogP contribution in [-0.2, 0) is 4.79 Å². The first-order valence-corrected chi connectivity index (χ1v) is 8.21. The summed E-state index contributed by atoms with van der Waals surface area (Å²) < 4.78 is 0. The molecule has 20 heavy (non-hydrogen) atoms. The number of aliphatic carboxylic acids is 1. The van der Waals surface area contributed by atoms with Gasteiger partial charge in [0.25, 0.3) is 0 Å². The lowest BCUT2D eigenvalue weighted by Gasteiger charge is -2.43. The Kier molecular flexibility index (Phi) is 5.08.